The zero-order chi connectivity index (χ0) is 15.6. The highest BCUT2D eigenvalue weighted by atomic mass is 16.6. The Hall–Kier alpha value is -2.50. The second kappa shape index (κ2) is 5.87. The third-order valence-corrected chi connectivity index (χ3v) is 3.48. The molecular weight excluding hydrogens is 270 g/mol. The number of carbonyl (C=O) groups is 1. The molecule has 110 valence electrons. The SMILES string of the molecule is CCc1ccc(C(=O)C(C)n2cc(C)c([N+](=O)[O-])n2)cc1. The number of Topliss-reactive ketones (excluding diaryl/α,β-unsaturated/α-hetero) is 1. The number of hydrogen-bond acceptors (Lipinski definition) is 4. The Morgan fingerprint density at radius 2 is 2.00 bits per heavy atom. The lowest BCUT2D eigenvalue weighted by Gasteiger charge is -2.08. The predicted molar refractivity (Wildman–Crippen MR) is 78.5 cm³/mol. The molecular formula is C15H17N3O3. The van der Waals surface area contributed by atoms with Crippen LogP contribution in [-0.4, -0.2) is 20.5 Å². The lowest BCUT2D eigenvalue weighted by Crippen LogP contribution is -2.17. The molecule has 6 nitrogen and oxygen atoms in total. The second-order valence-corrected chi connectivity index (χ2v) is 4.96. The summed E-state index contributed by atoms with van der Waals surface area (Å²) in [5.74, 6) is -0.328. The fourth-order valence-electron chi connectivity index (χ4n) is 2.12. The molecule has 0 aliphatic heterocycles. The molecule has 1 heterocycles. The molecule has 0 N–H and O–H groups in total. The Morgan fingerprint density at radius 1 is 1.38 bits per heavy atom. The van der Waals surface area contributed by atoms with Crippen LogP contribution >= 0.6 is 0 Å². The summed E-state index contributed by atoms with van der Waals surface area (Å²) in [6.45, 7) is 5.34. The minimum atomic E-state index is -0.579. The van der Waals surface area contributed by atoms with Crippen molar-refractivity contribution in [2.75, 3.05) is 0 Å². The van der Waals surface area contributed by atoms with E-state index < -0.39 is 11.0 Å². The molecule has 2 aromatic rings. The van der Waals surface area contributed by atoms with Crippen molar-refractivity contribution in [2.45, 2.75) is 33.2 Å². The lowest BCUT2D eigenvalue weighted by molar-refractivity contribution is -0.390. The van der Waals surface area contributed by atoms with E-state index in [4.69, 9.17) is 0 Å². The van der Waals surface area contributed by atoms with Crippen LogP contribution in [0.2, 0.25) is 0 Å². The van der Waals surface area contributed by atoms with Crippen molar-refractivity contribution < 1.29 is 9.72 Å². The van der Waals surface area contributed by atoms with Crippen molar-refractivity contribution >= 4 is 11.6 Å². The van der Waals surface area contributed by atoms with Gasteiger partial charge in [-0.2, -0.15) is 4.68 Å². The molecule has 0 radical (unpaired) electrons. The first kappa shape index (κ1) is 14.9. The summed E-state index contributed by atoms with van der Waals surface area (Å²) < 4.78 is 1.35. The van der Waals surface area contributed by atoms with Gasteiger partial charge in [-0.15, -0.1) is 0 Å². The van der Waals surface area contributed by atoms with Crippen molar-refractivity contribution in [1.82, 2.24) is 9.78 Å². The van der Waals surface area contributed by atoms with Gasteiger partial charge >= 0.3 is 5.82 Å². The lowest BCUT2D eigenvalue weighted by atomic mass is 10.0. The van der Waals surface area contributed by atoms with Crippen LogP contribution in [0.15, 0.2) is 30.5 Å². The molecule has 21 heavy (non-hydrogen) atoms. The Bertz CT molecular complexity index is 674. The van der Waals surface area contributed by atoms with E-state index in [-0.39, 0.29) is 11.6 Å². The molecule has 0 bridgehead atoms. The van der Waals surface area contributed by atoms with Gasteiger partial charge in [0.05, 0.1) is 16.9 Å². The zero-order valence-corrected chi connectivity index (χ0v) is 12.2. The molecule has 1 atom stereocenters. The third kappa shape index (κ3) is 2.99. The van der Waals surface area contributed by atoms with Crippen LogP contribution in [-0.2, 0) is 6.42 Å². The summed E-state index contributed by atoms with van der Waals surface area (Å²) in [6.07, 6.45) is 2.44. The quantitative estimate of drug-likeness (QED) is 0.481. The van der Waals surface area contributed by atoms with Crippen LogP contribution in [0.25, 0.3) is 0 Å². The summed E-state index contributed by atoms with van der Waals surface area (Å²) in [7, 11) is 0. The van der Waals surface area contributed by atoms with Crippen molar-refractivity contribution in [1.29, 1.82) is 0 Å². The first-order valence-electron chi connectivity index (χ1n) is 6.77. The number of aryl methyl sites for hydroxylation is 2. The molecule has 0 aliphatic rings. The molecule has 0 aliphatic carbocycles. The van der Waals surface area contributed by atoms with Gasteiger partial charge in [-0.1, -0.05) is 31.2 Å². The van der Waals surface area contributed by atoms with Gasteiger partial charge in [0.15, 0.2) is 5.78 Å². The molecule has 1 unspecified atom stereocenters. The highest BCUT2D eigenvalue weighted by Crippen LogP contribution is 2.20. The number of nitro groups is 1. The van der Waals surface area contributed by atoms with Crippen LogP contribution in [0.3, 0.4) is 0 Å². The summed E-state index contributed by atoms with van der Waals surface area (Å²) >= 11 is 0. The van der Waals surface area contributed by atoms with E-state index in [1.807, 2.05) is 19.1 Å². The fraction of sp³-hybridized carbons (Fsp3) is 0.333. The summed E-state index contributed by atoms with van der Waals surface area (Å²) in [5, 5.41) is 14.7. The number of ketones is 1. The maximum Gasteiger partial charge on any atom is 0.392 e. The van der Waals surface area contributed by atoms with E-state index in [1.165, 1.54) is 10.9 Å². The zero-order valence-electron chi connectivity index (χ0n) is 12.2. The van der Waals surface area contributed by atoms with Crippen LogP contribution in [0.5, 0.6) is 0 Å². The van der Waals surface area contributed by atoms with Crippen LogP contribution < -0.4 is 0 Å². The minimum Gasteiger partial charge on any atom is -0.358 e. The topological polar surface area (TPSA) is 78.0 Å². The number of nitrogens with zero attached hydrogens (tertiary/aromatic N) is 3. The Kier molecular flexibility index (Phi) is 4.16. The van der Waals surface area contributed by atoms with Gasteiger partial charge < -0.3 is 10.1 Å². The Balaban J connectivity index is 2.25. The van der Waals surface area contributed by atoms with Gasteiger partial charge in [-0.3, -0.25) is 4.79 Å². The Labute approximate surface area is 122 Å². The number of benzene rings is 1. The van der Waals surface area contributed by atoms with E-state index in [0.29, 0.717) is 11.1 Å². The van der Waals surface area contributed by atoms with Crippen molar-refractivity contribution in [2.24, 2.45) is 0 Å². The molecule has 2 rings (SSSR count). The first-order chi connectivity index (χ1) is 9.93. The normalized spacial score (nSPS) is 12.1. The van der Waals surface area contributed by atoms with E-state index in [1.54, 1.807) is 26.0 Å². The number of rotatable bonds is 5. The standard InChI is InChI=1S/C15H17N3O3/c1-4-12-5-7-13(8-6-12)14(19)11(3)17-9-10(2)15(16-17)18(20)21/h5-9,11H,4H2,1-3H3. The molecule has 0 saturated carbocycles. The van der Waals surface area contributed by atoms with Crippen molar-refractivity contribution in [3.63, 3.8) is 0 Å². The van der Waals surface area contributed by atoms with Crippen LogP contribution in [0.1, 0.15) is 41.4 Å². The average Bonchev–Trinajstić information content (AvgIpc) is 2.88. The number of aromatic nitrogens is 2. The van der Waals surface area contributed by atoms with Gasteiger partial charge in [-0.25, -0.2) is 0 Å². The average molecular weight is 287 g/mol. The van der Waals surface area contributed by atoms with Gasteiger partial charge in [0.25, 0.3) is 0 Å². The largest absolute Gasteiger partial charge is 0.392 e. The van der Waals surface area contributed by atoms with E-state index >= 15 is 0 Å². The van der Waals surface area contributed by atoms with Crippen LogP contribution in [0, 0.1) is 17.0 Å². The molecule has 1 aromatic carbocycles. The summed E-state index contributed by atoms with van der Waals surface area (Å²) in [5.41, 5.74) is 2.18. The van der Waals surface area contributed by atoms with Crippen LogP contribution in [0.4, 0.5) is 5.82 Å². The first-order valence-corrected chi connectivity index (χ1v) is 6.77. The van der Waals surface area contributed by atoms with Gasteiger partial charge in [0.1, 0.15) is 6.04 Å². The van der Waals surface area contributed by atoms with Crippen molar-refractivity contribution in [3.8, 4) is 0 Å². The second-order valence-electron chi connectivity index (χ2n) is 4.96. The summed E-state index contributed by atoms with van der Waals surface area (Å²) in [4.78, 5) is 22.7. The molecule has 0 saturated heterocycles. The van der Waals surface area contributed by atoms with E-state index in [2.05, 4.69) is 5.10 Å². The molecule has 0 spiro atoms. The van der Waals surface area contributed by atoms with Gasteiger partial charge in [0.2, 0.25) is 0 Å². The highest BCUT2D eigenvalue weighted by Gasteiger charge is 2.25. The fourth-order valence-corrected chi connectivity index (χ4v) is 2.12. The molecule has 0 amide bonds. The molecule has 1 aromatic heterocycles. The van der Waals surface area contributed by atoms with E-state index in [0.717, 1.165) is 12.0 Å². The smallest absolute Gasteiger partial charge is 0.358 e. The monoisotopic (exact) mass is 287 g/mol. The molecule has 6 heteroatoms. The van der Waals surface area contributed by atoms with E-state index in [9.17, 15) is 14.9 Å². The predicted octanol–water partition coefficient (Wildman–Crippen LogP) is 3.11. The highest BCUT2D eigenvalue weighted by molar-refractivity contribution is 5.98. The third-order valence-electron chi connectivity index (χ3n) is 3.48. The maximum absolute atomic E-state index is 12.4. The summed E-state index contributed by atoms with van der Waals surface area (Å²) in [6, 6.07) is 6.81. The maximum atomic E-state index is 12.4. The minimum absolute atomic E-state index is 0.116. The number of carbonyl (C=O) groups excluding carboxylic acids is 1. The van der Waals surface area contributed by atoms with Crippen molar-refractivity contribution in [3.05, 3.63) is 57.3 Å². The molecule has 0 fully saturated rings. The van der Waals surface area contributed by atoms with Gasteiger partial charge in [-0.05, 0) is 30.8 Å². The number of hydrogen-bond donors (Lipinski definition) is 0. The Morgan fingerprint density at radius 3 is 2.48 bits per heavy atom. The van der Waals surface area contributed by atoms with Gasteiger partial charge in [0, 0.05) is 5.56 Å².